The Morgan fingerprint density at radius 1 is 1.00 bits per heavy atom. The van der Waals surface area contributed by atoms with Crippen LogP contribution in [0.3, 0.4) is 0 Å². The Kier molecular flexibility index (Phi) is 9.12. The van der Waals surface area contributed by atoms with Crippen LogP contribution in [0.25, 0.3) is 0 Å². The van der Waals surface area contributed by atoms with E-state index in [1.807, 2.05) is 19.1 Å². The van der Waals surface area contributed by atoms with Crippen molar-refractivity contribution in [3.63, 3.8) is 0 Å². The van der Waals surface area contributed by atoms with E-state index in [-0.39, 0.29) is 24.8 Å². The van der Waals surface area contributed by atoms with Gasteiger partial charge in [-0.05, 0) is 67.1 Å². The number of nitrogens with one attached hydrogen (secondary N) is 2. The summed E-state index contributed by atoms with van der Waals surface area (Å²) in [5.74, 6) is 1.44. The summed E-state index contributed by atoms with van der Waals surface area (Å²) < 4.78 is 26.6. The molecule has 0 saturated heterocycles. The molecule has 0 aliphatic rings. The summed E-state index contributed by atoms with van der Waals surface area (Å²) in [6.45, 7) is 2.45. The zero-order chi connectivity index (χ0) is 25.0. The van der Waals surface area contributed by atoms with E-state index in [2.05, 4.69) is 20.6 Å². The van der Waals surface area contributed by atoms with Crippen molar-refractivity contribution in [3.05, 3.63) is 71.7 Å². The van der Waals surface area contributed by atoms with Gasteiger partial charge in [0.25, 0.3) is 5.91 Å². The lowest BCUT2D eigenvalue weighted by Crippen LogP contribution is -2.25. The molecule has 2 aromatic carbocycles. The fraction of sp³-hybridized carbons (Fsp3) is 0.240. The SMILES string of the molecule is CCOc1cc(/C=N\NC(=O)CNc2ccc(OC)cc2)ccc1OCc1ccc(C(=O)OC)o1. The Morgan fingerprint density at radius 3 is 2.51 bits per heavy atom. The monoisotopic (exact) mass is 481 g/mol. The van der Waals surface area contributed by atoms with E-state index in [0.29, 0.717) is 29.4 Å². The summed E-state index contributed by atoms with van der Waals surface area (Å²) in [5, 5.41) is 7.00. The highest BCUT2D eigenvalue weighted by molar-refractivity contribution is 5.86. The minimum absolute atomic E-state index is 0.0606. The van der Waals surface area contributed by atoms with Crippen LogP contribution in [0.1, 0.15) is 28.8 Å². The lowest BCUT2D eigenvalue weighted by atomic mass is 10.2. The van der Waals surface area contributed by atoms with Crippen LogP contribution in [0.5, 0.6) is 17.2 Å². The topological polar surface area (TPSA) is 121 Å². The van der Waals surface area contributed by atoms with Crippen molar-refractivity contribution in [2.75, 3.05) is 32.7 Å². The first-order chi connectivity index (χ1) is 17.0. The van der Waals surface area contributed by atoms with E-state index in [0.717, 1.165) is 11.4 Å². The maximum Gasteiger partial charge on any atom is 0.373 e. The summed E-state index contributed by atoms with van der Waals surface area (Å²) >= 11 is 0. The van der Waals surface area contributed by atoms with E-state index < -0.39 is 5.97 Å². The van der Waals surface area contributed by atoms with Crippen molar-refractivity contribution in [2.24, 2.45) is 5.10 Å². The number of hydrogen-bond acceptors (Lipinski definition) is 9. The first-order valence-corrected chi connectivity index (χ1v) is 10.8. The number of benzene rings is 2. The van der Waals surface area contributed by atoms with Crippen molar-refractivity contribution < 1.29 is 33.0 Å². The van der Waals surface area contributed by atoms with Crippen LogP contribution in [0, 0.1) is 0 Å². The molecule has 3 rings (SSSR count). The maximum absolute atomic E-state index is 12.0. The van der Waals surface area contributed by atoms with Gasteiger partial charge in [-0.25, -0.2) is 10.2 Å². The molecule has 0 saturated carbocycles. The smallest absolute Gasteiger partial charge is 0.373 e. The summed E-state index contributed by atoms with van der Waals surface area (Å²) in [7, 11) is 2.88. The van der Waals surface area contributed by atoms with Crippen LogP contribution < -0.4 is 25.0 Å². The zero-order valence-electron chi connectivity index (χ0n) is 19.7. The third-order valence-electron chi connectivity index (χ3n) is 4.63. The largest absolute Gasteiger partial charge is 0.497 e. The standard InChI is InChI=1S/C25H27N3O7/c1-4-33-23-13-17(5-11-21(23)34-16-20-10-12-22(35-20)25(30)32-3)14-27-28-24(29)15-26-18-6-8-19(31-2)9-7-18/h5-14,26H,4,15-16H2,1-3H3,(H,28,29)/b27-14-. The number of anilines is 1. The number of furan rings is 1. The number of esters is 1. The van der Waals surface area contributed by atoms with Crippen LogP contribution in [0.15, 0.2) is 64.1 Å². The van der Waals surface area contributed by atoms with Gasteiger partial charge in [0.05, 0.1) is 33.6 Å². The number of ether oxygens (including phenoxy) is 4. The van der Waals surface area contributed by atoms with E-state index >= 15 is 0 Å². The predicted octanol–water partition coefficient (Wildman–Crippen LogP) is 3.61. The van der Waals surface area contributed by atoms with Crippen molar-refractivity contribution in [1.29, 1.82) is 0 Å². The highest BCUT2D eigenvalue weighted by atomic mass is 16.5. The Labute approximate surface area is 202 Å². The molecule has 3 aromatic rings. The zero-order valence-corrected chi connectivity index (χ0v) is 19.7. The molecule has 0 bridgehead atoms. The highest BCUT2D eigenvalue weighted by Gasteiger charge is 2.13. The Bertz CT molecular complexity index is 1160. The Balaban J connectivity index is 1.53. The van der Waals surface area contributed by atoms with Crippen LogP contribution in [0.4, 0.5) is 5.69 Å². The van der Waals surface area contributed by atoms with Gasteiger partial charge in [0.2, 0.25) is 5.76 Å². The Morgan fingerprint density at radius 2 is 1.80 bits per heavy atom. The van der Waals surface area contributed by atoms with Gasteiger partial charge < -0.3 is 28.7 Å². The first-order valence-electron chi connectivity index (χ1n) is 10.8. The number of methoxy groups -OCH3 is 2. The maximum atomic E-state index is 12.0. The van der Waals surface area contributed by atoms with E-state index in [1.54, 1.807) is 43.5 Å². The number of carbonyl (C=O) groups is 2. The van der Waals surface area contributed by atoms with Crippen LogP contribution in [0.2, 0.25) is 0 Å². The highest BCUT2D eigenvalue weighted by Crippen LogP contribution is 2.29. The van der Waals surface area contributed by atoms with Crippen LogP contribution in [-0.2, 0) is 16.1 Å². The molecule has 0 radical (unpaired) electrons. The number of carbonyl (C=O) groups excluding carboxylic acids is 2. The van der Waals surface area contributed by atoms with Gasteiger partial charge in [0.15, 0.2) is 11.5 Å². The molecule has 0 unspecified atom stereocenters. The first kappa shape index (κ1) is 25.2. The molecule has 1 aromatic heterocycles. The van der Waals surface area contributed by atoms with Crippen LogP contribution >= 0.6 is 0 Å². The van der Waals surface area contributed by atoms with Crippen molar-refractivity contribution in [3.8, 4) is 17.2 Å². The molecule has 0 spiro atoms. The molecular formula is C25H27N3O7. The van der Waals surface area contributed by atoms with Crippen molar-refractivity contribution >= 4 is 23.8 Å². The van der Waals surface area contributed by atoms with Gasteiger partial charge in [0.1, 0.15) is 18.1 Å². The van der Waals surface area contributed by atoms with E-state index in [9.17, 15) is 9.59 Å². The summed E-state index contributed by atoms with van der Waals surface area (Å²) in [6, 6.07) is 15.6. The number of amides is 1. The van der Waals surface area contributed by atoms with Gasteiger partial charge >= 0.3 is 5.97 Å². The fourth-order valence-electron chi connectivity index (χ4n) is 2.92. The lowest BCUT2D eigenvalue weighted by molar-refractivity contribution is -0.119. The summed E-state index contributed by atoms with van der Waals surface area (Å²) in [4.78, 5) is 23.5. The third kappa shape index (κ3) is 7.53. The van der Waals surface area contributed by atoms with Gasteiger partial charge in [-0.3, -0.25) is 4.79 Å². The average Bonchev–Trinajstić information content (AvgIpc) is 3.36. The second-order valence-electron chi connectivity index (χ2n) is 7.06. The number of rotatable bonds is 12. The molecule has 10 nitrogen and oxygen atoms in total. The Hall–Kier alpha value is -4.47. The fourth-order valence-corrected chi connectivity index (χ4v) is 2.92. The molecule has 184 valence electrons. The molecule has 2 N–H and O–H groups in total. The minimum atomic E-state index is -0.557. The lowest BCUT2D eigenvalue weighted by Gasteiger charge is -2.11. The second kappa shape index (κ2) is 12.7. The van der Waals surface area contributed by atoms with Gasteiger partial charge in [-0.2, -0.15) is 5.10 Å². The molecule has 0 aliphatic carbocycles. The van der Waals surface area contributed by atoms with E-state index in [4.69, 9.17) is 18.6 Å². The molecule has 0 atom stereocenters. The number of hydrogen-bond donors (Lipinski definition) is 2. The molecule has 0 fully saturated rings. The van der Waals surface area contributed by atoms with Gasteiger partial charge in [-0.15, -0.1) is 0 Å². The second-order valence-corrected chi connectivity index (χ2v) is 7.06. The normalized spacial score (nSPS) is 10.6. The van der Waals surface area contributed by atoms with Crippen molar-refractivity contribution in [2.45, 2.75) is 13.5 Å². The quantitative estimate of drug-likeness (QED) is 0.229. The predicted molar refractivity (Wildman–Crippen MR) is 129 cm³/mol. The molecule has 0 aliphatic heterocycles. The van der Waals surface area contributed by atoms with Crippen LogP contribution in [-0.4, -0.2) is 45.5 Å². The van der Waals surface area contributed by atoms with Gasteiger partial charge in [-0.1, -0.05) is 0 Å². The molecule has 10 heteroatoms. The molecular weight excluding hydrogens is 454 g/mol. The summed E-state index contributed by atoms with van der Waals surface area (Å²) in [6.07, 6.45) is 1.51. The van der Waals surface area contributed by atoms with Gasteiger partial charge in [0, 0.05) is 5.69 Å². The third-order valence-corrected chi connectivity index (χ3v) is 4.63. The molecule has 1 amide bonds. The molecule has 35 heavy (non-hydrogen) atoms. The average molecular weight is 482 g/mol. The number of hydrazone groups is 1. The summed E-state index contributed by atoms with van der Waals surface area (Å²) in [5.41, 5.74) is 3.97. The molecule has 1 heterocycles. The number of nitrogens with zero attached hydrogens (tertiary/aromatic N) is 1. The minimum Gasteiger partial charge on any atom is -0.497 e. The van der Waals surface area contributed by atoms with Crippen molar-refractivity contribution in [1.82, 2.24) is 5.43 Å². The van der Waals surface area contributed by atoms with E-state index in [1.165, 1.54) is 19.4 Å².